The van der Waals surface area contributed by atoms with Gasteiger partial charge in [0, 0.05) is 19.3 Å². The van der Waals surface area contributed by atoms with Crippen molar-refractivity contribution in [2.75, 3.05) is 13.2 Å². The van der Waals surface area contributed by atoms with E-state index in [4.69, 9.17) is 13.7 Å². The van der Waals surface area contributed by atoms with Crippen LogP contribution in [0.15, 0.2) is 15.0 Å². The van der Waals surface area contributed by atoms with Gasteiger partial charge in [0.05, 0.1) is 0 Å². The Hall–Kier alpha value is -1.83. The summed E-state index contributed by atoms with van der Waals surface area (Å²) in [6, 6.07) is 1.61. The van der Waals surface area contributed by atoms with E-state index in [2.05, 4.69) is 15.4 Å². The molecular formula is C12H13F2N3O3. The molecular weight excluding hydrogens is 272 g/mol. The first-order valence-electron chi connectivity index (χ1n) is 6.25. The zero-order valence-electron chi connectivity index (χ0n) is 10.8. The summed E-state index contributed by atoms with van der Waals surface area (Å²) >= 11 is 0. The Balaban J connectivity index is 1.95. The van der Waals surface area contributed by atoms with E-state index in [-0.39, 0.29) is 37.8 Å². The second kappa shape index (κ2) is 4.93. The van der Waals surface area contributed by atoms with Crippen LogP contribution in [-0.4, -0.2) is 35.0 Å². The molecule has 108 valence electrons. The number of hydrogen-bond donors (Lipinski definition) is 0. The van der Waals surface area contributed by atoms with Crippen LogP contribution in [0.4, 0.5) is 8.78 Å². The monoisotopic (exact) mass is 285 g/mol. The molecule has 20 heavy (non-hydrogen) atoms. The fourth-order valence-electron chi connectivity index (χ4n) is 2.26. The minimum absolute atomic E-state index is 0.0635. The van der Waals surface area contributed by atoms with Crippen molar-refractivity contribution < 1.29 is 22.5 Å². The highest BCUT2D eigenvalue weighted by molar-refractivity contribution is 5.45. The van der Waals surface area contributed by atoms with E-state index in [1.165, 1.54) is 0 Å². The minimum Gasteiger partial charge on any atom is -0.418 e. The molecule has 2 aromatic rings. The Labute approximate surface area is 113 Å². The largest absolute Gasteiger partial charge is 0.418 e. The van der Waals surface area contributed by atoms with Crippen LogP contribution in [0.5, 0.6) is 0 Å². The molecule has 1 aliphatic heterocycles. The molecule has 0 spiro atoms. The van der Waals surface area contributed by atoms with Gasteiger partial charge in [0.1, 0.15) is 11.2 Å². The van der Waals surface area contributed by atoms with Crippen molar-refractivity contribution in [1.82, 2.24) is 15.4 Å². The Kier molecular flexibility index (Phi) is 3.25. The van der Waals surface area contributed by atoms with Gasteiger partial charge in [-0.2, -0.15) is 0 Å². The maximum atomic E-state index is 13.5. The van der Waals surface area contributed by atoms with Gasteiger partial charge in [0.25, 0.3) is 12.3 Å². The molecule has 1 fully saturated rings. The predicted octanol–water partition coefficient (Wildman–Crippen LogP) is 2.35. The van der Waals surface area contributed by atoms with Crippen LogP contribution in [0.25, 0.3) is 11.6 Å². The molecule has 6 nitrogen and oxygen atoms in total. The summed E-state index contributed by atoms with van der Waals surface area (Å²) < 4.78 is 42.4. The molecule has 0 N–H and O–H groups in total. The van der Waals surface area contributed by atoms with E-state index in [0.717, 1.165) is 0 Å². The van der Waals surface area contributed by atoms with Gasteiger partial charge in [-0.3, -0.25) is 0 Å². The van der Waals surface area contributed by atoms with Gasteiger partial charge < -0.3 is 13.7 Å². The van der Waals surface area contributed by atoms with Crippen LogP contribution in [-0.2, 0) is 10.2 Å². The highest BCUT2D eigenvalue weighted by atomic mass is 19.3. The van der Waals surface area contributed by atoms with Gasteiger partial charge in [0.15, 0.2) is 5.69 Å². The van der Waals surface area contributed by atoms with Crippen LogP contribution >= 0.6 is 0 Å². The standard InChI is InChI=1S/C12H13F2N3O3/c1-7-6-8(17-20-7)9-15-16-11(19-9)12(10(13)14)2-4-18-5-3-12/h6,10H,2-5H2,1H3. The zero-order valence-corrected chi connectivity index (χ0v) is 10.8. The number of nitrogens with zero attached hydrogens (tertiary/aromatic N) is 3. The molecule has 2 aromatic heterocycles. The SMILES string of the molecule is Cc1cc(-c2nnc(C3(C(F)F)CCOCC3)o2)no1. The first-order chi connectivity index (χ1) is 9.62. The van der Waals surface area contributed by atoms with Crippen LogP contribution in [0, 0.1) is 6.92 Å². The molecule has 0 amide bonds. The van der Waals surface area contributed by atoms with Crippen molar-refractivity contribution in [3.05, 3.63) is 17.7 Å². The van der Waals surface area contributed by atoms with Gasteiger partial charge >= 0.3 is 0 Å². The lowest BCUT2D eigenvalue weighted by Crippen LogP contribution is -2.40. The highest BCUT2D eigenvalue weighted by Crippen LogP contribution is 2.40. The molecule has 0 bridgehead atoms. The van der Waals surface area contributed by atoms with Gasteiger partial charge in [0.2, 0.25) is 5.89 Å². The van der Waals surface area contributed by atoms with Crippen molar-refractivity contribution in [3.63, 3.8) is 0 Å². The van der Waals surface area contributed by atoms with Crippen molar-refractivity contribution in [1.29, 1.82) is 0 Å². The molecule has 1 saturated heterocycles. The van der Waals surface area contributed by atoms with E-state index in [1.807, 2.05) is 0 Å². The van der Waals surface area contributed by atoms with Gasteiger partial charge in [-0.1, -0.05) is 5.16 Å². The molecule has 0 radical (unpaired) electrons. The lowest BCUT2D eigenvalue weighted by molar-refractivity contribution is -0.0443. The summed E-state index contributed by atoms with van der Waals surface area (Å²) in [6.07, 6.45) is -2.27. The van der Waals surface area contributed by atoms with E-state index in [9.17, 15) is 8.78 Å². The quantitative estimate of drug-likeness (QED) is 0.861. The first-order valence-corrected chi connectivity index (χ1v) is 6.25. The third-order valence-corrected chi connectivity index (χ3v) is 3.50. The number of aryl methyl sites for hydroxylation is 1. The van der Waals surface area contributed by atoms with Crippen LogP contribution in [0.3, 0.4) is 0 Å². The number of alkyl halides is 2. The van der Waals surface area contributed by atoms with E-state index >= 15 is 0 Å². The molecule has 0 atom stereocenters. The molecule has 0 aromatic carbocycles. The Morgan fingerprint density at radius 3 is 2.60 bits per heavy atom. The summed E-state index contributed by atoms with van der Waals surface area (Å²) in [7, 11) is 0. The van der Waals surface area contributed by atoms with Crippen LogP contribution in [0.2, 0.25) is 0 Å². The predicted molar refractivity (Wildman–Crippen MR) is 62.3 cm³/mol. The second-order valence-electron chi connectivity index (χ2n) is 4.80. The average molecular weight is 285 g/mol. The maximum Gasteiger partial charge on any atom is 0.269 e. The molecule has 8 heteroatoms. The number of ether oxygens (including phenoxy) is 1. The van der Waals surface area contributed by atoms with E-state index in [0.29, 0.717) is 11.5 Å². The maximum absolute atomic E-state index is 13.5. The molecule has 0 saturated carbocycles. The summed E-state index contributed by atoms with van der Waals surface area (Å²) in [4.78, 5) is 0. The zero-order chi connectivity index (χ0) is 14.2. The fourth-order valence-corrected chi connectivity index (χ4v) is 2.26. The summed E-state index contributed by atoms with van der Waals surface area (Å²) in [6.45, 7) is 2.23. The van der Waals surface area contributed by atoms with E-state index in [1.54, 1.807) is 13.0 Å². The normalized spacial score (nSPS) is 18.6. The third kappa shape index (κ3) is 2.09. The Morgan fingerprint density at radius 1 is 1.25 bits per heavy atom. The molecule has 3 heterocycles. The third-order valence-electron chi connectivity index (χ3n) is 3.50. The van der Waals surface area contributed by atoms with E-state index < -0.39 is 11.8 Å². The fraction of sp³-hybridized carbons (Fsp3) is 0.583. The lowest BCUT2D eigenvalue weighted by Gasteiger charge is -2.32. The summed E-state index contributed by atoms with van der Waals surface area (Å²) in [5.41, 5.74) is -1.08. The van der Waals surface area contributed by atoms with Crippen molar-refractivity contribution in [2.24, 2.45) is 0 Å². The van der Waals surface area contributed by atoms with Crippen molar-refractivity contribution in [2.45, 2.75) is 31.6 Å². The van der Waals surface area contributed by atoms with Crippen LogP contribution in [0.1, 0.15) is 24.5 Å². The smallest absolute Gasteiger partial charge is 0.269 e. The topological polar surface area (TPSA) is 74.2 Å². The lowest BCUT2D eigenvalue weighted by atomic mass is 9.80. The van der Waals surface area contributed by atoms with Gasteiger partial charge in [-0.05, 0) is 19.8 Å². The number of hydrogen-bond acceptors (Lipinski definition) is 6. The van der Waals surface area contributed by atoms with Crippen LogP contribution < -0.4 is 0 Å². The Bertz CT molecular complexity index is 590. The average Bonchev–Trinajstić information content (AvgIpc) is 3.08. The summed E-state index contributed by atoms with van der Waals surface area (Å²) in [5, 5.41) is 11.3. The highest BCUT2D eigenvalue weighted by Gasteiger charge is 2.47. The van der Waals surface area contributed by atoms with Gasteiger partial charge in [-0.15, -0.1) is 10.2 Å². The minimum atomic E-state index is -2.58. The summed E-state index contributed by atoms with van der Waals surface area (Å²) in [5.74, 6) is 0.601. The number of halogens is 2. The molecule has 3 rings (SSSR count). The molecule has 0 aliphatic carbocycles. The van der Waals surface area contributed by atoms with Crippen molar-refractivity contribution in [3.8, 4) is 11.6 Å². The molecule has 0 unspecified atom stereocenters. The second-order valence-corrected chi connectivity index (χ2v) is 4.80. The molecule has 1 aliphatic rings. The number of rotatable bonds is 3. The van der Waals surface area contributed by atoms with Crippen molar-refractivity contribution >= 4 is 0 Å². The van der Waals surface area contributed by atoms with Gasteiger partial charge in [-0.25, -0.2) is 8.78 Å². The Morgan fingerprint density at radius 2 is 2.00 bits per heavy atom. The number of aromatic nitrogens is 3. The first kappa shape index (κ1) is 13.2.